The normalized spacial score (nSPS) is 30.8. The number of carbonyl (C=O) groups excluding carboxylic acids is 9. The summed E-state index contributed by atoms with van der Waals surface area (Å²) in [7, 11) is 4.47. The quantitative estimate of drug-likeness (QED) is 0.0792. The topological polar surface area (TPSA) is 360 Å². The molecule has 16 rings (SSSR count). The minimum atomic E-state index is -3.37. The number of amides is 6. The monoisotopic (exact) mass is 2020 g/mol. The van der Waals surface area contributed by atoms with Crippen LogP contribution in [-0.4, -0.2) is 213 Å². The summed E-state index contributed by atoms with van der Waals surface area (Å²) in [6.07, 6.45) is 9.55. The molecule has 3 aromatic heterocycles. The molecule has 4 aliphatic carbocycles. The molecular formula is C98H125F6N12O18V3-3. The maximum atomic E-state index is 16.0. The van der Waals surface area contributed by atoms with Crippen molar-refractivity contribution in [2.75, 3.05) is 41.0 Å². The SMILES string of the molecule is COc1ccc2nc3c(nc2c1)O[C@H]1CN(C(=O)[C@H](C(C)(C)C)NC(=O)O[C@@H]2CC4CC4[C@H]2CCCCC3(F)F)[C@H]([C-]=O)[C@@H]1C.COc1ccc2nc3c(nc2c1)O[C@H]1CN(C(=O)[C@H](C(C)(C)C)NC(=O)O[C@@H]2CCC[C@H]2CCCCC3(F)F)[C@H]([C-]=O)[C@@H]1C.COc1ccc2nc3c(nc2c1)O[C@H]1CN(C(=O)[C@H](C(C)(C)C)NC(=O)O[C@]2(C)CCC[C@H]2CCCCC3(F)F)[C@H]([C-]=O)[C@@H]1C.[V].[V].[V]. The number of aromatic nitrogens is 6. The number of fused-ring (bicyclic) bond motifs is 17. The van der Waals surface area contributed by atoms with Crippen LogP contribution in [0, 0.1) is 63.6 Å². The second-order valence-electron chi connectivity index (χ2n) is 41.5. The van der Waals surface area contributed by atoms with Gasteiger partial charge in [0.25, 0.3) is 17.8 Å². The second kappa shape index (κ2) is 43.6. The van der Waals surface area contributed by atoms with Gasteiger partial charge in [-0.15, -0.1) is 0 Å². The molecule has 4 saturated carbocycles. The Labute approximate surface area is 830 Å². The molecule has 0 spiro atoms. The Morgan fingerprint density at radius 3 is 1.09 bits per heavy atom. The fourth-order valence-electron chi connectivity index (χ4n) is 20.9. The van der Waals surface area contributed by atoms with Gasteiger partial charge in [0.15, 0.2) is 17.1 Å². The molecule has 137 heavy (non-hydrogen) atoms. The molecule has 9 heterocycles. The Balaban J connectivity index is 0.000000195. The fraction of sp³-hybridized carbons (Fsp3) is 0.663. The Morgan fingerprint density at radius 1 is 0.387 bits per heavy atom. The Bertz CT molecular complexity index is 5260. The van der Waals surface area contributed by atoms with E-state index in [1.807, 2.05) is 67.3 Å². The van der Waals surface area contributed by atoms with Crippen molar-refractivity contribution < 1.29 is 168 Å². The van der Waals surface area contributed by atoms with Gasteiger partial charge in [0, 0.05) is 93.1 Å². The van der Waals surface area contributed by atoms with Crippen LogP contribution in [0.3, 0.4) is 0 Å². The van der Waals surface area contributed by atoms with Crippen molar-refractivity contribution in [2.24, 2.45) is 63.6 Å². The van der Waals surface area contributed by atoms with E-state index in [1.54, 1.807) is 96.1 Å². The zero-order chi connectivity index (χ0) is 96.8. The van der Waals surface area contributed by atoms with Crippen LogP contribution >= 0.6 is 0 Å². The van der Waals surface area contributed by atoms with E-state index in [2.05, 4.69) is 45.9 Å². The first-order valence-corrected chi connectivity index (χ1v) is 47.0. The molecule has 6 amide bonds. The van der Waals surface area contributed by atoms with Crippen molar-refractivity contribution >= 4 is 88.0 Å². The van der Waals surface area contributed by atoms with Crippen molar-refractivity contribution in [1.29, 1.82) is 0 Å². The van der Waals surface area contributed by atoms with Crippen molar-refractivity contribution in [2.45, 2.75) is 309 Å². The maximum absolute atomic E-state index is 16.0. The first-order valence-electron chi connectivity index (χ1n) is 47.0. The van der Waals surface area contributed by atoms with Crippen LogP contribution in [0.1, 0.15) is 236 Å². The van der Waals surface area contributed by atoms with Crippen LogP contribution < -0.4 is 44.4 Å². The van der Waals surface area contributed by atoms with Gasteiger partial charge in [-0.1, -0.05) is 120 Å². The zero-order valence-electron chi connectivity index (χ0n) is 80.4. The van der Waals surface area contributed by atoms with Crippen LogP contribution in [0.4, 0.5) is 40.7 Å². The minimum absolute atomic E-state index is 0. The standard InChI is InChI=1S/C33H41F2N4O6.C33H43F2N4O6.C32H41F2N4O6.3V/c1-17-24(16-40)39-15-26(17)44-29-27(36-22-10-9-19(43-5)14-23(22)37-29)33(34,35)11-7-6-8-20-21-12-18(21)13-25(20)45-31(42)38-28(30(39)41)32(2,3)4;1-19-24(18-40)39-17-25(19)44-28-26(36-22-13-12-21(43-6)16-23(22)37-28)33(34,35)15-8-7-10-20-11-9-14-32(20,5)45-30(42)38-27(29(39)41)31(2,3)4;1-18-23(17-39)38-16-25(18)43-28-26(35-21-13-12-20(42-5)15-22(21)36-28)32(33,34)14-7-6-9-19-10-8-11-24(19)44-30(41)37-27(29(38)40)31(2,3)4;;;/h9-10,14,17-18,20-21,24-26,28H,6-8,11-13,15H2,1-5H3,(H,38,42);12-13,16,19-20,24-25,27H,7-11,14-15,17H2,1-6H3,(H,38,42);12-13,15,18-19,23-25,27H,6-11,14,16H2,1-5H3,(H,37,41);;;/q3*-1;;;/t17-,18?,20+,21?,24+,25+,26-,28+;19-,20+,24+,25-,27+,32+;18-,19+,23+,24+,25-,27+;;;/m000.../s1. The summed E-state index contributed by atoms with van der Waals surface area (Å²) in [5, 5.41) is 8.36. The first-order chi connectivity index (χ1) is 63.3. The van der Waals surface area contributed by atoms with Gasteiger partial charge < -0.3 is 87.7 Å². The predicted octanol–water partition coefficient (Wildman–Crippen LogP) is 16.2. The average molecular weight is 2030 g/mol. The molecule has 6 bridgehead atoms. The van der Waals surface area contributed by atoms with Gasteiger partial charge in [0.05, 0.1) is 74.1 Å². The molecule has 2 unspecified atom stereocenters. The molecule has 7 fully saturated rings. The summed E-state index contributed by atoms with van der Waals surface area (Å²) < 4.78 is 148. The van der Waals surface area contributed by atoms with Gasteiger partial charge in [0.2, 0.25) is 35.4 Å². The van der Waals surface area contributed by atoms with E-state index in [4.69, 9.17) is 42.6 Å². The van der Waals surface area contributed by atoms with Gasteiger partial charge in [-0.3, -0.25) is 14.4 Å². The summed E-state index contributed by atoms with van der Waals surface area (Å²) in [4.78, 5) is 149. The number of nitrogens with zero attached hydrogens (tertiary/aromatic N) is 9. The third-order valence-electron chi connectivity index (χ3n) is 29.0. The van der Waals surface area contributed by atoms with Crippen molar-refractivity contribution in [3.63, 3.8) is 0 Å². The van der Waals surface area contributed by atoms with Gasteiger partial charge >= 0.3 is 18.3 Å². The van der Waals surface area contributed by atoms with Crippen LogP contribution in [0.25, 0.3) is 33.1 Å². The molecular weight excluding hydrogens is 1900 g/mol. The third-order valence-corrected chi connectivity index (χ3v) is 29.0. The van der Waals surface area contributed by atoms with E-state index >= 15 is 26.3 Å². The van der Waals surface area contributed by atoms with E-state index in [9.17, 15) is 43.2 Å². The summed E-state index contributed by atoms with van der Waals surface area (Å²) >= 11 is 0. The average Bonchev–Trinajstić information content (AvgIpc) is 1.61. The molecule has 10 aliphatic rings. The number of hydrogen-bond acceptors (Lipinski definition) is 24. The summed E-state index contributed by atoms with van der Waals surface area (Å²) in [5.41, 5.74) is -3.04. The summed E-state index contributed by atoms with van der Waals surface area (Å²) in [6.45, 7) is 22.9. The van der Waals surface area contributed by atoms with Crippen molar-refractivity contribution in [3.05, 3.63) is 71.7 Å². The zero-order valence-corrected chi connectivity index (χ0v) is 84.6. The number of hydrogen-bond donors (Lipinski definition) is 3. The van der Waals surface area contributed by atoms with E-state index in [0.717, 1.165) is 38.5 Å². The second-order valence-corrected chi connectivity index (χ2v) is 41.5. The fourth-order valence-corrected chi connectivity index (χ4v) is 20.9. The Hall–Kier alpha value is -8.96. The maximum Gasteiger partial charge on any atom is 0.408 e. The predicted molar refractivity (Wildman–Crippen MR) is 479 cm³/mol. The number of carbonyl (C=O) groups is 6. The van der Waals surface area contributed by atoms with E-state index < -0.39 is 184 Å². The van der Waals surface area contributed by atoms with Gasteiger partial charge in [0.1, 0.15) is 71.5 Å². The first kappa shape index (κ1) is 108. The van der Waals surface area contributed by atoms with E-state index in [-0.39, 0.29) is 159 Å². The van der Waals surface area contributed by atoms with Crippen LogP contribution in [0.2, 0.25) is 0 Å². The summed E-state index contributed by atoms with van der Waals surface area (Å²) in [6, 6.07) is 8.17. The molecule has 39 heteroatoms. The molecule has 745 valence electrons. The number of ether oxygens (including phenoxy) is 9. The summed E-state index contributed by atoms with van der Waals surface area (Å²) in [5.74, 6) is -12.1. The van der Waals surface area contributed by atoms with Crippen LogP contribution in [0.5, 0.6) is 34.9 Å². The van der Waals surface area contributed by atoms with Crippen molar-refractivity contribution in [1.82, 2.24) is 60.6 Å². The molecule has 3 saturated heterocycles. The van der Waals surface area contributed by atoms with Crippen LogP contribution in [0.15, 0.2) is 54.6 Å². The molecule has 20 atom stereocenters. The van der Waals surface area contributed by atoms with Gasteiger partial charge in [-0.05, 0) is 197 Å². The molecule has 3 radical (unpaired) electrons. The smallest absolute Gasteiger partial charge is 0.408 e. The number of methoxy groups -OCH3 is 3. The molecule has 3 aromatic carbocycles. The molecule has 6 aliphatic heterocycles. The molecule has 30 nitrogen and oxygen atoms in total. The third kappa shape index (κ3) is 23.9. The number of alkyl carbamates (subject to hydrolysis) is 3. The number of halogens is 6. The van der Waals surface area contributed by atoms with E-state index in [0.29, 0.717) is 97.0 Å². The minimum Gasteiger partial charge on any atom is -0.540 e. The number of benzene rings is 3. The molecule has 3 N–H and O–H groups in total. The van der Waals surface area contributed by atoms with Crippen LogP contribution in [-0.2, 0) is 116 Å². The van der Waals surface area contributed by atoms with E-state index in [1.165, 1.54) is 36.0 Å². The Morgan fingerprint density at radius 2 is 0.730 bits per heavy atom. The Kier molecular flexibility index (Phi) is 34.6. The number of rotatable bonds is 6. The number of alkyl halides is 6. The van der Waals surface area contributed by atoms with Crippen molar-refractivity contribution in [3.8, 4) is 34.9 Å². The largest absolute Gasteiger partial charge is 0.540 e. The molecule has 6 aromatic rings. The van der Waals surface area contributed by atoms with Gasteiger partial charge in [-0.25, -0.2) is 63.1 Å². The van der Waals surface area contributed by atoms with Gasteiger partial charge in [-0.2, -0.15) is 26.3 Å². The number of nitrogens with one attached hydrogen (secondary N) is 3.